The summed E-state index contributed by atoms with van der Waals surface area (Å²) in [7, 11) is 0. The molecule has 0 unspecified atom stereocenters. The second-order valence-electron chi connectivity index (χ2n) is 4.10. The molecule has 1 aliphatic rings. The molecule has 1 heterocycles. The molecule has 1 aliphatic heterocycles. The first kappa shape index (κ1) is 13.4. The average molecular weight is 286 g/mol. The lowest BCUT2D eigenvalue weighted by atomic mass is 10.1. The number of rotatable bonds is 2. The Kier molecular flexibility index (Phi) is 4.60. The molecule has 0 spiro atoms. The first-order chi connectivity index (χ1) is 8.72. The highest BCUT2D eigenvalue weighted by Gasteiger charge is 2.16. The number of benzene rings is 1. The van der Waals surface area contributed by atoms with Gasteiger partial charge in [0.05, 0.1) is 0 Å². The van der Waals surface area contributed by atoms with Crippen LogP contribution in [0.15, 0.2) is 23.4 Å². The predicted octanol–water partition coefficient (Wildman–Crippen LogP) is 2.38. The van der Waals surface area contributed by atoms with Gasteiger partial charge in [-0.1, -0.05) is 16.8 Å². The maximum Gasteiger partial charge on any atom is 0.172 e. The van der Waals surface area contributed by atoms with Gasteiger partial charge in [0.25, 0.3) is 0 Å². The molecule has 3 N–H and O–H groups in total. The van der Waals surface area contributed by atoms with Crippen molar-refractivity contribution in [2.75, 3.05) is 29.5 Å². The minimum Gasteiger partial charge on any atom is -0.409 e. The number of hydrogen-bond acceptors (Lipinski definition) is 4. The van der Waals surface area contributed by atoms with E-state index in [1.54, 1.807) is 6.07 Å². The molecular formula is C12H16ClN3OS. The predicted molar refractivity (Wildman–Crippen MR) is 78.1 cm³/mol. The van der Waals surface area contributed by atoms with Crippen molar-refractivity contribution in [2.45, 2.75) is 6.42 Å². The van der Waals surface area contributed by atoms with E-state index in [1.807, 2.05) is 23.9 Å². The minimum absolute atomic E-state index is 0.101. The molecule has 18 heavy (non-hydrogen) atoms. The standard InChI is InChI=1S/C12H16ClN3OS/c13-9-2-3-11(10(8-9)12(14)15-17)16-4-1-6-18-7-5-16/h2-3,8,17H,1,4-7H2,(H2,14,15). The molecule has 4 nitrogen and oxygen atoms in total. The van der Waals surface area contributed by atoms with Gasteiger partial charge in [-0.25, -0.2) is 0 Å². The van der Waals surface area contributed by atoms with Gasteiger partial charge < -0.3 is 15.8 Å². The van der Waals surface area contributed by atoms with Crippen LogP contribution in [-0.4, -0.2) is 35.6 Å². The Morgan fingerprint density at radius 1 is 1.39 bits per heavy atom. The number of hydrogen-bond donors (Lipinski definition) is 2. The lowest BCUT2D eigenvalue weighted by Gasteiger charge is -2.24. The Bertz CT molecular complexity index is 445. The molecule has 0 aromatic heterocycles. The van der Waals surface area contributed by atoms with Crippen molar-refractivity contribution in [3.8, 4) is 0 Å². The Morgan fingerprint density at radius 2 is 2.22 bits per heavy atom. The lowest BCUT2D eigenvalue weighted by Crippen LogP contribution is -2.28. The monoisotopic (exact) mass is 285 g/mol. The van der Waals surface area contributed by atoms with Gasteiger partial charge in [0.2, 0.25) is 0 Å². The average Bonchev–Trinajstić information content (AvgIpc) is 2.66. The third kappa shape index (κ3) is 3.03. The van der Waals surface area contributed by atoms with Crippen LogP contribution in [-0.2, 0) is 0 Å². The highest BCUT2D eigenvalue weighted by Crippen LogP contribution is 2.26. The number of nitrogens with two attached hydrogens (primary N) is 1. The summed E-state index contributed by atoms with van der Waals surface area (Å²) in [4.78, 5) is 2.27. The van der Waals surface area contributed by atoms with Gasteiger partial charge in [0.15, 0.2) is 5.84 Å². The molecule has 0 aliphatic carbocycles. The summed E-state index contributed by atoms with van der Waals surface area (Å²) in [6.07, 6.45) is 1.14. The largest absolute Gasteiger partial charge is 0.409 e. The first-order valence-electron chi connectivity index (χ1n) is 5.82. The smallest absolute Gasteiger partial charge is 0.172 e. The summed E-state index contributed by atoms with van der Waals surface area (Å²) < 4.78 is 0. The summed E-state index contributed by atoms with van der Waals surface area (Å²) in [5.74, 6) is 2.38. The highest BCUT2D eigenvalue weighted by atomic mass is 35.5. The van der Waals surface area contributed by atoms with E-state index < -0.39 is 0 Å². The van der Waals surface area contributed by atoms with Crippen LogP contribution in [0.1, 0.15) is 12.0 Å². The van der Waals surface area contributed by atoms with Gasteiger partial charge in [-0.3, -0.25) is 0 Å². The van der Waals surface area contributed by atoms with Gasteiger partial charge >= 0.3 is 0 Å². The Balaban J connectivity index is 2.36. The quantitative estimate of drug-likeness (QED) is 0.379. The second-order valence-corrected chi connectivity index (χ2v) is 5.76. The van der Waals surface area contributed by atoms with Crippen molar-refractivity contribution in [2.24, 2.45) is 10.9 Å². The minimum atomic E-state index is 0.101. The maximum absolute atomic E-state index is 8.85. The zero-order valence-corrected chi connectivity index (χ0v) is 11.5. The number of oxime groups is 1. The van der Waals surface area contributed by atoms with Gasteiger partial charge in [-0.05, 0) is 30.4 Å². The van der Waals surface area contributed by atoms with E-state index >= 15 is 0 Å². The molecule has 1 fully saturated rings. The van der Waals surface area contributed by atoms with Crippen LogP contribution in [0.3, 0.4) is 0 Å². The van der Waals surface area contributed by atoms with E-state index in [0.29, 0.717) is 10.6 Å². The van der Waals surface area contributed by atoms with E-state index in [9.17, 15) is 0 Å². The van der Waals surface area contributed by atoms with Crippen molar-refractivity contribution in [3.05, 3.63) is 28.8 Å². The summed E-state index contributed by atoms with van der Waals surface area (Å²) in [5.41, 5.74) is 7.39. The van der Waals surface area contributed by atoms with E-state index in [-0.39, 0.29) is 5.84 Å². The molecule has 1 aromatic rings. The summed E-state index contributed by atoms with van der Waals surface area (Å²) in [5, 5.41) is 12.5. The molecule has 6 heteroatoms. The molecule has 1 saturated heterocycles. The summed E-state index contributed by atoms with van der Waals surface area (Å²) in [6.45, 7) is 1.96. The molecule has 0 bridgehead atoms. The normalized spacial score (nSPS) is 17.6. The van der Waals surface area contributed by atoms with Crippen LogP contribution in [0.5, 0.6) is 0 Å². The summed E-state index contributed by atoms with van der Waals surface area (Å²) >= 11 is 7.93. The van der Waals surface area contributed by atoms with Crippen molar-refractivity contribution >= 4 is 34.9 Å². The fourth-order valence-electron chi connectivity index (χ4n) is 2.03. The van der Waals surface area contributed by atoms with Crippen molar-refractivity contribution in [1.82, 2.24) is 0 Å². The van der Waals surface area contributed by atoms with Crippen LogP contribution in [0.25, 0.3) is 0 Å². The zero-order valence-electron chi connectivity index (χ0n) is 9.97. The van der Waals surface area contributed by atoms with Gasteiger partial charge in [0, 0.05) is 35.1 Å². The number of amidine groups is 1. The second kappa shape index (κ2) is 6.20. The SMILES string of the molecule is NC(=NO)c1cc(Cl)ccc1N1CCCSCC1. The van der Waals surface area contributed by atoms with Crippen LogP contribution in [0.4, 0.5) is 5.69 Å². The topological polar surface area (TPSA) is 61.9 Å². The van der Waals surface area contributed by atoms with Crippen LogP contribution >= 0.6 is 23.4 Å². The third-order valence-electron chi connectivity index (χ3n) is 2.91. The van der Waals surface area contributed by atoms with Gasteiger partial charge in [0.1, 0.15) is 0 Å². The van der Waals surface area contributed by atoms with Gasteiger partial charge in [-0.15, -0.1) is 0 Å². The fraction of sp³-hybridized carbons (Fsp3) is 0.417. The summed E-state index contributed by atoms with van der Waals surface area (Å²) in [6, 6.07) is 5.51. The molecular weight excluding hydrogens is 270 g/mol. The number of nitrogens with zero attached hydrogens (tertiary/aromatic N) is 2. The van der Waals surface area contributed by atoms with E-state index in [0.717, 1.165) is 31.0 Å². The van der Waals surface area contributed by atoms with Crippen LogP contribution in [0.2, 0.25) is 5.02 Å². The lowest BCUT2D eigenvalue weighted by molar-refractivity contribution is 0.318. The van der Waals surface area contributed by atoms with Crippen molar-refractivity contribution < 1.29 is 5.21 Å². The number of halogens is 1. The molecule has 0 saturated carbocycles. The van der Waals surface area contributed by atoms with Crippen LogP contribution in [0, 0.1) is 0 Å². The Labute approximate surface area is 116 Å². The Hall–Kier alpha value is -1.07. The number of anilines is 1. The van der Waals surface area contributed by atoms with Crippen molar-refractivity contribution in [3.63, 3.8) is 0 Å². The molecule has 0 radical (unpaired) electrons. The van der Waals surface area contributed by atoms with E-state index in [1.165, 1.54) is 5.75 Å². The molecule has 1 aromatic carbocycles. The maximum atomic E-state index is 8.85. The van der Waals surface area contributed by atoms with Crippen LogP contribution < -0.4 is 10.6 Å². The van der Waals surface area contributed by atoms with E-state index in [2.05, 4.69) is 10.1 Å². The molecule has 98 valence electrons. The van der Waals surface area contributed by atoms with E-state index in [4.69, 9.17) is 22.5 Å². The number of thioether (sulfide) groups is 1. The Morgan fingerprint density at radius 3 is 3.00 bits per heavy atom. The van der Waals surface area contributed by atoms with Gasteiger partial charge in [-0.2, -0.15) is 11.8 Å². The molecule has 0 amide bonds. The first-order valence-corrected chi connectivity index (χ1v) is 7.36. The fourth-order valence-corrected chi connectivity index (χ4v) is 3.09. The molecule has 2 rings (SSSR count). The third-order valence-corrected chi connectivity index (χ3v) is 4.19. The zero-order chi connectivity index (χ0) is 13.0. The van der Waals surface area contributed by atoms with Crippen molar-refractivity contribution in [1.29, 1.82) is 0 Å². The molecule has 0 atom stereocenters. The highest BCUT2D eigenvalue weighted by molar-refractivity contribution is 7.99.